The number of hydrogen-bond acceptors (Lipinski definition) is 3. The molecule has 0 saturated heterocycles. The van der Waals surface area contributed by atoms with Crippen LogP contribution in [0.2, 0.25) is 0 Å². The number of carbonyl (C=O) groups is 2. The molecule has 0 aliphatic carbocycles. The first kappa shape index (κ1) is 14.9. The Hall–Kier alpha value is -1.10. The standard InChI is InChI=1S/C11H23N3O2/c1-9(2)12-7-5-10(15)13-8-6-11(16)14(3)4/h9,12H,5-8H2,1-4H3,(H,13,15). The number of rotatable bonds is 7. The zero-order valence-electron chi connectivity index (χ0n) is 10.7. The number of carbonyl (C=O) groups excluding carboxylic acids is 2. The van der Waals surface area contributed by atoms with E-state index in [-0.39, 0.29) is 11.8 Å². The molecular weight excluding hydrogens is 206 g/mol. The molecule has 0 aliphatic heterocycles. The quantitative estimate of drug-likeness (QED) is 0.644. The lowest BCUT2D eigenvalue weighted by Crippen LogP contribution is -2.33. The van der Waals surface area contributed by atoms with E-state index in [0.717, 1.165) is 0 Å². The molecule has 0 bridgehead atoms. The Morgan fingerprint density at radius 1 is 1.12 bits per heavy atom. The van der Waals surface area contributed by atoms with Gasteiger partial charge in [-0.2, -0.15) is 0 Å². The fraction of sp³-hybridized carbons (Fsp3) is 0.818. The fourth-order valence-electron chi connectivity index (χ4n) is 1.10. The molecule has 0 aromatic rings. The molecule has 0 aromatic carbocycles. The van der Waals surface area contributed by atoms with E-state index in [2.05, 4.69) is 10.6 Å². The topological polar surface area (TPSA) is 61.4 Å². The molecule has 0 radical (unpaired) electrons. The van der Waals surface area contributed by atoms with Crippen molar-refractivity contribution >= 4 is 11.8 Å². The minimum Gasteiger partial charge on any atom is -0.356 e. The van der Waals surface area contributed by atoms with E-state index in [1.807, 2.05) is 13.8 Å². The molecule has 2 N–H and O–H groups in total. The van der Waals surface area contributed by atoms with Gasteiger partial charge in [-0.15, -0.1) is 0 Å². The van der Waals surface area contributed by atoms with Gasteiger partial charge in [0.25, 0.3) is 0 Å². The Morgan fingerprint density at radius 2 is 1.75 bits per heavy atom. The van der Waals surface area contributed by atoms with Gasteiger partial charge in [0.1, 0.15) is 0 Å². The Morgan fingerprint density at radius 3 is 2.25 bits per heavy atom. The average Bonchev–Trinajstić information content (AvgIpc) is 2.16. The molecule has 0 heterocycles. The van der Waals surface area contributed by atoms with Crippen molar-refractivity contribution in [3.8, 4) is 0 Å². The summed E-state index contributed by atoms with van der Waals surface area (Å²) >= 11 is 0. The lowest BCUT2D eigenvalue weighted by molar-refractivity contribution is -0.128. The average molecular weight is 229 g/mol. The summed E-state index contributed by atoms with van der Waals surface area (Å²) in [6.07, 6.45) is 0.810. The van der Waals surface area contributed by atoms with E-state index in [4.69, 9.17) is 0 Å². The molecule has 0 aliphatic rings. The van der Waals surface area contributed by atoms with Crippen molar-refractivity contribution in [3.63, 3.8) is 0 Å². The molecule has 0 aromatic heterocycles. The lowest BCUT2D eigenvalue weighted by atomic mass is 10.3. The third kappa shape index (κ3) is 8.23. The van der Waals surface area contributed by atoms with E-state index in [1.54, 1.807) is 14.1 Å². The molecule has 5 heteroatoms. The second-order valence-electron chi connectivity index (χ2n) is 4.25. The van der Waals surface area contributed by atoms with Gasteiger partial charge in [0, 0.05) is 46.1 Å². The highest BCUT2D eigenvalue weighted by molar-refractivity contribution is 5.78. The predicted molar refractivity (Wildman–Crippen MR) is 64.1 cm³/mol. The van der Waals surface area contributed by atoms with Crippen molar-refractivity contribution in [1.29, 1.82) is 0 Å². The predicted octanol–water partition coefficient (Wildman–Crippen LogP) is -0.0310. The first-order valence-corrected chi connectivity index (χ1v) is 5.63. The van der Waals surface area contributed by atoms with Crippen LogP contribution in [0.15, 0.2) is 0 Å². The number of hydrogen-bond donors (Lipinski definition) is 2. The summed E-state index contributed by atoms with van der Waals surface area (Å²) in [5, 5.41) is 5.87. The minimum absolute atomic E-state index is 0.0142. The first-order chi connectivity index (χ1) is 7.43. The van der Waals surface area contributed by atoms with Crippen LogP contribution in [0.5, 0.6) is 0 Å². The summed E-state index contributed by atoms with van der Waals surface area (Å²) in [6.45, 7) is 5.16. The third-order valence-corrected chi connectivity index (χ3v) is 2.06. The monoisotopic (exact) mass is 229 g/mol. The van der Waals surface area contributed by atoms with Crippen molar-refractivity contribution in [3.05, 3.63) is 0 Å². The Balaban J connectivity index is 3.48. The highest BCUT2D eigenvalue weighted by atomic mass is 16.2. The summed E-state index contributed by atoms with van der Waals surface area (Å²) < 4.78 is 0. The number of amides is 2. The Bertz CT molecular complexity index is 227. The normalized spacial score (nSPS) is 10.3. The third-order valence-electron chi connectivity index (χ3n) is 2.06. The summed E-state index contributed by atoms with van der Waals surface area (Å²) in [5.74, 6) is 0.0142. The maximum atomic E-state index is 11.3. The van der Waals surface area contributed by atoms with Crippen molar-refractivity contribution in [2.45, 2.75) is 32.7 Å². The second kappa shape index (κ2) is 8.10. The van der Waals surface area contributed by atoms with Crippen molar-refractivity contribution < 1.29 is 9.59 Å². The smallest absolute Gasteiger partial charge is 0.223 e. The SMILES string of the molecule is CC(C)NCCC(=O)NCCC(=O)N(C)C. The van der Waals surface area contributed by atoms with Crippen LogP contribution < -0.4 is 10.6 Å². The van der Waals surface area contributed by atoms with Crippen molar-refractivity contribution in [2.24, 2.45) is 0 Å². The maximum absolute atomic E-state index is 11.3. The van der Waals surface area contributed by atoms with Crippen LogP contribution in [0.3, 0.4) is 0 Å². The summed E-state index contributed by atoms with van der Waals surface area (Å²) in [7, 11) is 3.41. The number of nitrogens with one attached hydrogen (secondary N) is 2. The van der Waals surface area contributed by atoms with Gasteiger partial charge in [-0.1, -0.05) is 13.8 Å². The van der Waals surface area contributed by atoms with E-state index < -0.39 is 0 Å². The van der Waals surface area contributed by atoms with Gasteiger partial charge in [-0.05, 0) is 0 Å². The second-order valence-corrected chi connectivity index (χ2v) is 4.25. The van der Waals surface area contributed by atoms with Gasteiger partial charge in [-0.3, -0.25) is 9.59 Å². The van der Waals surface area contributed by atoms with E-state index >= 15 is 0 Å². The first-order valence-electron chi connectivity index (χ1n) is 5.63. The van der Waals surface area contributed by atoms with E-state index in [1.165, 1.54) is 4.90 Å². The van der Waals surface area contributed by atoms with Gasteiger partial charge in [0.15, 0.2) is 0 Å². The molecule has 5 nitrogen and oxygen atoms in total. The van der Waals surface area contributed by atoms with Crippen molar-refractivity contribution in [2.75, 3.05) is 27.2 Å². The van der Waals surface area contributed by atoms with E-state index in [0.29, 0.717) is 32.0 Å². The van der Waals surface area contributed by atoms with Crippen LogP contribution in [0, 0.1) is 0 Å². The number of nitrogens with zero attached hydrogens (tertiary/aromatic N) is 1. The summed E-state index contributed by atoms with van der Waals surface area (Å²) in [4.78, 5) is 24.0. The highest BCUT2D eigenvalue weighted by Gasteiger charge is 2.05. The van der Waals surface area contributed by atoms with Crippen LogP contribution in [0.25, 0.3) is 0 Å². The minimum atomic E-state index is -0.0142. The lowest BCUT2D eigenvalue weighted by Gasteiger charge is -2.11. The largest absolute Gasteiger partial charge is 0.356 e. The molecular formula is C11H23N3O2. The van der Waals surface area contributed by atoms with Gasteiger partial charge in [-0.25, -0.2) is 0 Å². The van der Waals surface area contributed by atoms with E-state index in [9.17, 15) is 9.59 Å². The van der Waals surface area contributed by atoms with Gasteiger partial charge in [0.05, 0.1) is 0 Å². The highest BCUT2D eigenvalue weighted by Crippen LogP contribution is 1.86. The zero-order valence-corrected chi connectivity index (χ0v) is 10.7. The van der Waals surface area contributed by atoms with Gasteiger partial charge < -0.3 is 15.5 Å². The van der Waals surface area contributed by atoms with Crippen molar-refractivity contribution in [1.82, 2.24) is 15.5 Å². The molecule has 16 heavy (non-hydrogen) atoms. The molecule has 0 atom stereocenters. The molecule has 0 unspecified atom stereocenters. The van der Waals surface area contributed by atoms with Crippen LogP contribution in [-0.2, 0) is 9.59 Å². The summed E-state index contributed by atoms with van der Waals surface area (Å²) in [5.41, 5.74) is 0. The molecule has 0 fully saturated rings. The molecule has 0 rings (SSSR count). The molecule has 0 saturated carbocycles. The van der Waals surface area contributed by atoms with Crippen LogP contribution in [0.4, 0.5) is 0 Å². The van der Waals surface area contributed by atoms with Gasteiger partial charge in [0.2, 0.25) is 11.8 Å². The zero-order chi connectivity index (χ0) is 12.6. The Kier molecular flexibility index (Phi) is 7.54. The molecule has 2 amide bonds. The fourth-order valence-corrected chi connectivity index (χ4v) is 1.10. The van der Waals surface area contributed by atoms with Crippen LogP contribution in [-0.4, -0.2) is 49.9 Å². The van der Waals surface area contributed by atoms with Crippen LogP contribution >= 0.6 is 0 Å². The van der Waals surface area contributed by atoms with Crippen LogP contribution in [0.1, 0.15) is 26.7 Å². The molecule has 94 valence electrons. The van der Waals surface area contributed by atoms with Gasteiger partial charge >= 0.3 is 0 Å². The summed E-state index contributed by atoms with van der Waals surface area (Å²) in [6, 6.07) is 0.392. The maximum Gasteiger partial charge on any atom is 0.223 e. The molecule has 0 spiro atoms. The Labute approximate surface area is 97.6 Å².